The number of nitrogens with one attached hydrogen (secondary N) is 1. The molecule has 3 rings (SSSR count). The third-order valence-corrected chi connectivity index (χ3v) is 4.66. The predicted molar refractivity (Wildman–Crippen MR) is 73.7 cm³/mol. The summed E-state index contributed by atoms with van der Waals surface area (Å²) in [6.45, 7) is 1.71. The average molecular weight is 266 g/mol. The summed E-state index contributed by atoms with van der Waals surface area (Å²) in [5.41, 5.74) is 1.53. The van der Waals surface area contributed by atoms with Crippen molar-refractivity contribution in [1.82, 2.24) is 5.32 Å². The van der Waals surface area contributed by atoms with Gasteiger partial charge < -0.3 is 10.4 Å². The molecule has 0 radical (unpaired) electrons. The molecule has 98 valence electrons. The number of hydrogen-bond donors (Lipinski definition) is 2. The standard InChI is InChI=1S/C15H20ClNO/c16-13-5-1-11(2-6-13)14(18)9-17-10-15(7-8-15)12-3-4-12/h1-2,5-6,12,14,17-18H,3-4,7-10H2. The minimum atomic E-state index is -0.433. The van der Waals surface area contributed by atoms with Gasteiger partial charge in [0.15, 0.2) is 0 Å². The molecule has 1 atom stereocenters. The second-order valence-electron chi connectivity index (χ2n) is 5.83. The lowest BCUT2D eigenvalue weighted by molar-refractivity contribution is 0.171. The Hall–Kier alpha value is -0.570. The normalized spacial score (nSPS) is 22.8. The largest absolute Gasteiger partial charge is 0.387 e. The van der Waals surface area contributed by atoms with E-state index in [0.717, 1.165) is 18.0 Å². The maximum atomic E-state index is 10.1. The van der Waals surface area contributed by atoms with Gasteiger partial charge in [-0.15, -0.1) is 0 Å². The minimum absolute atomic E-state index is 0.433. The lowest BCUT2D eigenvalue weighted by Gasteiger charge is -2.17. The summed E-state index contributed by atoms with van der Waals surface area (Å²) in [5.74, 6) is 0.970. The maximum Gasteiger partial charge on any atom is 0.0914 e. The SMILES string of the molecule is OC(CNCC1(C2CC2)CC1)c1ccc(Cl)cc1. The Balaban J connectivity index is 1.46. The third kappa shape index (κ3) is 2.71. The van der Waals surface area contributed by atoms with Crippen molar-refractivity contribution in [2.24, 2.45) is 11.3 Å². The van der Waals surface area contributed by atoms with Crippen molar-refractivity contribution < 1.29 is 5.11 Å². The van der Waals surface area contributed by atoms with E-state index in [1.54, 1.807) is 0 Å². The van der Waals surface area contributed by atoms with Crippen molar-refractivity contribution in [2.75, 3.05) is 13.1 Å². The van der Waals surface area contributed by atoms with Gasteiger partial charge in [-0.3, -0.25) is 0 Å². The fraction of sp³-hybridized carbons (Fsp3) is 0.600. The molecule has 0 bridgehead atoms. The average Bonchev–Trinajstić information content (AvgIpc) is 3.23. The van der Waals surface area contributed by atoms with Crippen molar-refractivity contribution in [3.05, 3.63) is 34.9 Å². The monoisotopic (exact) mass is 265 g/mol. The Morgan fingerprint density at radius 2 is 1.94 bits per heavy atom. The molecule has 2 nitrogen and oxygen atoms in total. The van der Waals surface area contributed by atoms with Crippen molar-refractivity contribution in [3.8, 4) is 0 Å². The van der Waals surface area contributed by atoms with E-state index < -0.39 is 6.10 Å². The van der Waals surface area contributed by atoms with E-state index >= 15 is 0 Å². The summed E-state index contributed by atoms with van der Waals surface area (Å²) < 4.78 is 0. The smallest absolute Gasteiger partial charge is 0.0914 e. The first kappa shape index (κ1) is 12.5. The van der Waals surface area contributed by atoms with E-state index in [1.807, 2.05) is 24.3 Å². The second kappa shape index (κ2) is 4.84. The first-order chi connectivity index (χ1) is 8.70. The van der Waals surface area contributed by atoms with E-state index in [1.165, 1.54) is 25.7 Å². The number of rotatable bonds is 6. The molecular formula is C15H20ClNO. The molecule has 2 aliphatic carbocycles. The molecule has 2 saturated carbocycles. The molecule has 3 heteroatoms. The topological polar surface area (TPSA) is 32.3 Å². The molecule has 1 unspecified atom stereocenters. The highest BCUT2D eigenvalue weighted by Gasteiger charge is 2.53. The quantitative estimate of drug-likeness (QED) is 0.828. The lowest BCUT2D eigenvalue weighted by atomic mass is 10.0. The fourth-order valence-electron chi connectivity index (χ4n) is 2.85. The summed E-state index contributed by atoms with van der Waals surface area (Å²) in [6, 6.07) is 7.43. The van der Waals surface area contributed by atoms with E-state index in [9.17, 15) is 5.11 Å². The summed E-state index contributed by atoms with van der Waals surface area (Å²) in [5, 5.41) is 14.2. The molecule has 0 aromatic heterocycles. The second-order valence-corrected chi connectivity index (χ2v) is 6.27. The van der Waals surface area contributed by atoms with Crippen LogP contribution in [0.25, 0.3) is 0 Å². The summed E-state index contributed by atoms with van der Waals surface area (Å²) in [4.78, 5) is 0. The third-order valence-electron chi connectivity index (χ3n) is 4.41. The number of hydrogen-bond acceptors (Lipinski definition) is 2. The van der Waals surface area contributed by atoms with Crippen molar-refractivity contribution in [3.63, 3.8) is 0 Å². The van der Waals surface area contributed by atoms with Gasteiger partial charge in [-0.05, 0) is 54.7 Å². The summed E-state index contributed by atoms with van der Waals surface area (Å²) in [7, 11) is 0. The molecule has 2 fully saturated rings. The summed E-state index contributed by atoms with van der Waals surface area (Å²) in [6.07, 6.45) is 5.16. The number of benzene rings is 1. The summed E-state index contributed by atoms with van der Waals surface area (Å²) >= 11 is 5.83. The zero-order chi connectivity index (χ0) is 12.6. The maximum absolute atomic E-state index is 10.1. The Morgan fingerprint density at radius 1 is 1.28 bits per heavy atom. The van der Waals surface area contributed by atoms with Gasteiger partial charge in [0.05, 0.1) is 6.10 Å². The molecule has 0 amide bonds. The highest BCUT2D eigenvalue weighted by molar-refractivity contribution is 6.30. The number of aliphatic hydroxyl groups is 1. The zero-order valence-electron chi connectivity index (χ0n) is 10.5. The molecule has 0 aliphatic heterocycles. The van der Waals surface area contributed by atoms with Crippen LogP contribution in [-0.4, -0.2) is 18.2 Å². The first-order valence-electron chi connectivity index (χ1n) is 6.84. The predicted octanol–water partition coefficient (Wildman–Crippen LogP) is 3.15. The Kier molecular flexibility index (Phi) is 3.35. The van der Waals surface area contributed by atoms with Crippen LogP contribution in [0.1, 0.15) is 37.4 Å². The van der Waals surface area contributed by atoms with E-state index in [2.05, 4.69) is 5.32 Å². The van der Waals surface area contributed by atoms with Crippen LogP contribution >= 0.6 is 11.6 Å². The van der Waals surface area contributed by atoms with Crippen molar-refractivity contribution >= 4 is 11.6 Å². The Labute approximate surface area is 113 Å². The molecule has 2 aliphatic rings. The van der Waals surface area contributed by atoms with Gasteiger partial charge in [0.1, 0.15) is 0 Å². The van der Waals surface area contributed by atoms with Crippen LogP contribution in [0.3, 0.4) is 0 Å². The lowest BCUT2D eigenvalue weighted by Crippen LogP contribution is -2.29. The van der Waals surface area contributed by atoms with Crippen LogP contribution < -0.4 is 5.32 Å². The molecule has 1 aromatic rings. The van der Waals surface area contributed by atoms with Gasteiger partial charge in [0.25, 0.3) is 0 Å². The van der Waals surface area contributed by atoms with Gasteiger partial charge in [0, 0.05) is 18.1 Å². The minimum Gasteiger partial charge on any atom is -0.387 e. The number of aliphatic hydroxyl groups excluding tert-OH is 1. The van der Waals surface area contributed by atoms with Gasteiger partial charge >= 0.3 is 0 Å². The van der Waals surface area contributed by atoms with Gasteiger partial charge in [0.2, 0.25) is 0 Å². The highest BCUT2D eigenvalue weighted by Crippen LogP contribution is 2.60. The molecule has 18 heavy (non-hydrogen) atoms. The molecule has 2 N–H and O–H groups in total. The Morgan fingerprint density at radius 3 is 2.50 bits per heavy atom. The van der Waals surface area contributed by atoms with Gasteiger partial charge in [-0.1, -0.05) is 23.7 Å². The van der Waals surface area contributed by atoms with Crippen LogP contribution in [-0.2, 0) is 0 Å². The first-order valence-corrected chi connectivity index (χ1v) is 7.22. The number of halogens is 1. The van der Waals surface area contributed by atoms with Crippen LogP contribution in [0, 0.1) is 11.3 Å². The van der Waals surface area contributed by atoms with Crippen LogP contribution in [0.15, 0.2) is 24.3 Å². The zero-order valence-corrected chi connectivity index (χ0v) is 11.3. The Bertz CT molecular complexity index is 409. The van der Waals surface area contributed by atoms with Crippen LogP contribution in [0.4, 0.5) is 0 Å². The van der Waals surface area contributed by atoms with Crippen molar-refractivity contribution in [1.29, 1.82) is 0 Å². The van der Waals surface area contributed by atoms with E-state index in [-0.39, 0.29) is 0 Å². The molecule has 1 aromatic carbocycles. The molecular weight excluding hydrogens is 246 g/mol. The van der Waals surface area contributed by atoms with E-state index in [4.69, 9.17) is 11.6 Å². The van der Waals surface area contributed by atoms with Crippen LogP contribution in [0.5, 0.6) is 0 Å². The van der Waals surface area contributed by atoms with Gasteiger partial charge in [-0.2, -0.15) is 0 Å². The van der Waals surface area contributed by atoms with Crippen LogP contribution in [0.2, 0.25) is 5.02 Å². The highest BCUT2D eigenvalue weighted by atomic mass is 35.5. The van der Waals surface area contributed by atoms with E-state index in [0.29, 0.717) is 17.0 Å². The fourth-order valence-corrected chi connectivity index (χ4v) is 2.97. The molecule has 0 spiro atoms. The molecule has 0 saturated heterocycles. The van der Waals surface area contributed by atoms with Crippen molar-refractivity contribution in [2.45, 2.75) is 31.8 Å². The molecule has 0 heterocycles. The van der Waals surface area contributed by atoms with Gasteiger partial charge in [-0.25, -0.2) is 0 Å².